The minimum atomic E-state index is -5.11. The van der Waals surface area contributed by atoms with Crippen LogP contribution in [-0.4, -0.2) is 70.6 Å². The van der Waals surface area contributed by atoms with Crippen molar-refractivity contribution >= 4 is 44.3 Å². The van der Waals surface area contributed by atoms with E-state index in [1.165, 1.54) is 60.3 Å². The number of sulfonamides is 1. The summed E-state index contributed by atoms with van der Waals surface area (Å²) in [7, 11) is -2.39. The number of carbonyl (C=O) groups is 1. The fourth-order valence-corrected chi connectivity index (χ4v) is 9.00. The summed E-state index contributed by atoms with van der Waals surface area (Å²) in [5.41, 5.74) is -4.25. The average molecular weight is 919 g/mol. The molecule has 0 radical (unpaired) electrons. The first-order valence-corrected chi connectivity index (χ1v) is 21.3. The number of aromatic nitrogens is 8. The van der Waals surface area contributed by atoms with Crippen LogP contribution in [0.3, 0.4) is 0 Å². The van der Waals surface area contributed by atoms with Crippen molar-refractivity contribution in [2.75, 3.05) is 11.0 Å². The molecular formula is C40H34ClF7N10O4S. The Bertz CT molecular complexity index is 2960. The van der Waals surface area contributed by atoms with Gasteiger partial charge in [-0.05, 0) is 73.9 Å². The van der Waals surface area contributed by atoms with Gasteiger partial charge in [0.15, 0.2) is 11.5 Å². The maximum Gasteiger partial charge on any atom is 0.435 e. The summed E-state index contributed by atoms with van der Waals surface area (Å²) in [4.78, 5) is 22.7. The second-order valence-electron chi connectivity index (χ2n) is 15.7. The van der Waals surface area contributed by atoms with Crippen molar-refractivity contribution in [2.45, 2.75) is 68.9 Å². The van der Waals surface area contributed by atoms with Gasteiger partial charge in [-0.1, -0.05) is 23.6 Å². The van der Waals surface area contributed by atoms with Gasteiger partial charge in [-0.3, -0.25) is 18.9 Å². The van der Waals surface area contributed by atoms with E-state index in [1.54, 1.807) is 0 Å². The molecule has 1 fully saturated rings. The van der Waals surface area contributed by atoms with Gasteiger partial charge in [-0.15, -0.1) is 0 Å². The standard InChI is InChI=1S/C40H34ClF7N10O4S/c1-38(60,17-57-19-49-18-50-57)11-10-23-4-5-24(25-7-9-28(41)32-34(25)56(2)54-37(32)55-63(3,61)62)33(51-23)29(14-20-12-21(42)15-22(43)13-20)52-30(59)16-58-36-31(35(53-58)40(46,47)48)26-6-8-27(26)39(36,44)45/h4-5,7,9,12-13,15,18-19,26-27,29,60H,6,8,14,16-17H2,1-3H3,(H,52,59)(H,54,55)/t26-,27+,29-,38?/m0/s1. The van der Waals surface area contributed by atoms with E-state index < -0.39 is 93.1 Å². The minimum Gasteiger partial charge on any atom is -0.376 e. The molecule has 14 nitrogen and oxygen atoms in total. The number of nitrogens with one attached hydrogen (secondary N) is 2. The van der Waals surface area contributed by atoms with Gasteiger partial charge in [0.2, 0.25) is 15.9 Å². The van der Waals surface area contributed by atoms with E-state index in [9.17, 15) is 40.3 Å². The van der Waals surface area contributed by atoms with E-state index in [0.29, 0.717) is 10.7 Å². The number of amides is 1. The smallest absolute Gasteiger partial charge is 0.376 e. The first kappa shape index (κ1) is 43.6. The van der Waals surface area contributed by atoms with Crippen molar-refractivity contribution in [3.63, 3.8) is 0 Å². The highest BCUT2D eigenvalue weighted by Crippen LogP contribution is 2.64. The van der Waals surface area contributed by atoms with Crippen molar-refractivity contribution in [1.29, 1.82) is 0 Å². The molecule has 63 heavy (non-hydrogen) atoms. The number of nitrogens with zero attached hydrogens (tertiary/aromatic N) is 8. The topological polar surface area (TPSA) is 175 Å². The number of aliphatic hydroxyl groups is 1. The van der Waals surface area contributed by atoms with Crippen molar-refractivity contribution < 1.29 is 49.1 Å². The fraction of sp³-hybridized carbons (Fsp3) is 0.350. The number of aryl methyl sites for hydroxylation is 1. The van der Waals surface area contributed by atoms with Crippen molar-refractivity contribution in [2.24, 2.45) is 13.0 Å². The number of anilines is 1. The van der Waals surface area contributed by atoms with Crippen LogP contribution in [0.2, 0.25) is 5.02 Å². The lowest BCUT2D eigenvalue weighted by atomic mass is 9.73. The highest BCUT2D eigenvalue weighted by atomic mass is 35.5. The molecule has 2 aliphatic carbocycles. The molecular weight excluding hydrogens is 885 g/mol. The first-order chi connectivity index (χ1) is 29.5. The molecule has 0 bridgehead atoms. The quantitative estimate of drug-likeness (QED) is 0.100. The number of alkyl halides is 5. The first-order valence-electron chi connectivity index (χ1n) is 19.0. The zero-order valence-electron chi connectivity index (χ0n) is 33.1. The Hall–Kier alpha value is -6.05. The van der Waals surface area contributed by atoms with Gasteiger partial charge in [0.1, 0.15) is 47.8 Å². The number of benzene rings is 2. The number of rotatable bonds is 11. The number of halogens is 8. The van der Waals surface area contributed by atoms with Gasteiger partial charge in [0, 0.05) is 35.7 Å². The summed E-state index contributed by atoms with van der Waals surface area (Å²) >= 11 is 6.61. The van der Waals surface area contributed by atoms with Crippen LogP contribution in [0, 0.1) is 29.4 Å². The molecule has 3 N–H and O–H groups in total. The molecule has 2 aliphatic rings. The van der Waals surface area contributed by atoms with Crippen LogP contribution in [0.4, 0.5) is 36.6 Å². The van der Waals surface area contributed by atoms with E-state index in [1.807, 2.05) is 0 Å². The monoisotopic (exact) mass is 918 g/mol. The molecule has 330 valence electrons. The summed E-state index contributed by atoms with van der Waals surface area (Å²) in [5.74, 6) is -3.95. The van der Waals surface area contributed by atoms with Crippen LogP contribution in [0.1, 0.15) is 65.6 Å². The number of pyridine rings is 1. The maximum absolute atomic E-state index is 15.7. The average Bonchev–Trinajstić information content (AvgIpc) is 3.89. The summed E-state index contributed by atoms with van der Waals surface area (Å²) in [6.45, 7) is 0.170. The molecule has 6 aromatic rings. The van der Waals surface area contributed by atoms with E-state index in [-0.39, 0.29) is 69.2 Å². The van der Waals surface area contributed by atoms with Gasteiger partial charge in [-0.25, -0.2) is 31.8 Å². The molecule has 0 aliphatic heterocycles. The fourth-order valence-electron chi connectivity index (χ4n) is 8.26. The van der Waals surface area contributed by atoms with Gasteiger partial charge in [0.25, 0.3) is 5.92 Å². The predicted molar refractivity (Wildman–Crippen MR) is 212 cm³/mol. The Kier molecular flexibility index (Phi) is 10.8. The molecule has 4 atom stereocenters. The van der Waals surface area contributed by atoms with Crippen molar-refractivity contribution in [3.05, 3.63) is 106 Å². The van der Waals surface area contributed by atoms with Gasteiger partial charge >= 0.3 is 6.18 Å². The molecule has 4 aromatic heterocycles. The third-order valence-electron chi connectivity index (χ3n) is 10.8. The molecule has 1 saturated carbocycles. The van der Waals surface area contributed by atoms with Crippen LogP contribution in [0.5, 0.6) is 0 Å². The molecule has 1 unspecified atom stereocenters. The molecule has 1 amide bonds. The molecule has 2 aromatic carbocycles. The highest BCUT2D eigenvalue weighted by molar-refractivity contribution is 7.92. The Morgan fingerprint density at radius 3 is 2.43 bits per heavy atom. The maximum atomic E-state index is 15.7. The van der Waals surface area contributed by atoms with E-state index >= 15 is 8.78 Å². The third-order valence-corrected chi connectivity index (χ3v) is 11.7. The largest absolute Gasteiger partial charge is 0.435 e. The van der Waals surface area contributed by atoms with Crippen LogP contribution >= 0.6 is 11.6 Å². The Morgan fingerprint density at radius 1 is 1.08 bits per heavy atom. The number of fused-ring (bicyclic) bond motifs is 4. The zero-order chi connectivity index (χ0) is 45.4. The summed E-state index contributed by atoms with van der Waals surface area (Å²) in [6, 6.07) is 7.05. The minimum absolute atomic E-state index is 0.0123. The Morgan fingerprint density at radius 2 is 1.79 bits per heavy atom. The van der Waals surface area contributed by atoms with E-state index in [4.69, 9.17) is 16.6 Å². The van der Waals surface area contributed by atoms with Crippen LogP contribution in [0.25, 0.3) is 22.0 Å². The summed E-state index contributed by atoms with van der Waals surface area (Å²) in [5, 5.41) is 25.7. The molecule has 8 rings (SSSR count). The van der Waals surface area contributed by atoms with Crippen LogP contribution in [0.15, 0.2) is 55.1 Å². The van der Waals surface area contributed by atoms with Crippen molar-refractivity contribution in [3.8, 4) is 23.0 Å². The van der Waals surface area contributed by atoms with Gasteiger partial charge in [0.05, 0.1) is 40.5 Å². The lowest BCUT2D eigenvalue weighted by Gasteiger charge is -2.34. The number of hydrogen-bond acceptors (Lipinski definition) is 9. The van der Waals surface area contributed by atoms with Crippen LogP contribution < -0.4 is 10.0 Å². The lowest BCUT2D eigenvalue weighted by Crippen LogP contribution is -2.36. The number of hydrogen-bond donors (Lipinski definition) is 3. The van der Waals surface area contributed by atoms with Crippen LogP contribution in [-0.2, 0) is 53.5 Å². The summed E-state index contributed by atoms with van der Waals surface area (Å²) in [6.07, 6.45) is -1.95. The second kappa shape index (κ2) is 15.6. The van der Waals surface area contributed by atoms with Gasteiger partial charge < -0.3 is 10.4 Å². The van der Waals surface area contributed by atoms with E-state index in [2.05, 4.69) is 42.2 Å². The van der Waals surface area contributed by atoms with E-state index in [0.717, 1.165) is 18.4 Å². The Balaban J connectivity index is 1.28. The normalized spacial score (nSPS) is 18.2. The molecule has 23 heteroatoms. The molecule has 0 saturated heterocycles. The highest BCUT2D eigenvalue weighted by Gasteiger charge is 2.63. The SMILES string of the molecule is Cn1nc(NS(C)(=O)=O)c2c(Cl)ccc(-c3ccc(C#CC(C)(O)Cn4cncn4)nc3[C@H](Cc3cc(F)cc(F)c3)NC(=O)Cn3nc(C(F)(F)F)c4c3C(F)(F)[C@@H]3CC[C@H]43)c21. The lowest BCUT2D eigenvalue weighted by molar-refractivity contribution is -0.144. The number of carbonyl (C=O) groups excluding carboxylic acids is 1. The second-order valence-corrected chi connectivity index (χ2v) is 17.8. The molecule has 0 spiro atoms. The zero-order valence-corrected chi connectivity index (χ0v) is 34.7. The molecule has 4 heterocycles. The van der Waals surface area contributed by atoms with Crippen molar-refractivity contribution in [1.82, 2.24) is 44.6 Å². The Labute approximate surface area is 358 Å². The third kappa shape index (κ3) is 8.56. The van der Waals surface area contributed by atoms with Gasteiger partial charge in [-0.2, -0.15) is 37.2 Å². The summed E-state index contributed by atoms with van der Waals surface area (Å²) < 4.78 is 134. The predicted octanol–water partition coefficient (Wildman–Crippen LogP) is 6.25.